The minimum absolute atomic E-state index is 0.281. The molecular formula is C16H27NO4. The van der Waals surface area contributed by atoms with Gasteiger partial charge in [0, 0.05) is 18.5 Å². The van der Waals surface area contributed by atoms with Gasteiger partial charge < -0.3 is 19.1 Å². The molecule has 0 saturated carbocycles. The van der Waals surface area contributed by atoms with Crippen LogP contribution in [0.15, 0.2) is 24.3 Å². The van der Waals surface area contributed by atoms with Crippen molar-refractivity contribution < 1.29 is 23.9 Å². The zero-order valence-corrected chi connectivity index (χ0v) is 13.5. The van der Waals surface area contributed by atoms with Gasteiger partial charge in [0.1, 0.15) is 6.54 Å². The average Bonchev–Trinajstić information content (AvgIpc) is 2.30. The van der Waals surface area contributed by atoms with Gasteiger partial charge in [0.15, 0.2) is 6.10 Å². The summed E-state index contributed by atoms with van der Waals surface area (Å²) < 4.78 is 5.70. The number of unbranched alkanes of at least 4 members (excludes halogenated alkanes) is 2. The van der Waals surface area contributed by atoms with Crippen LogP contribution in [0.1, 0.15) is 32.6 Å². The van der Waals surface area contributed by atoms with Crippen LogP contribution in [0.25, 0.3) is 0 Å². The van der Waals surface area contributed by atoms with E-state index in [-0.39, 0.29) is 6.42 Å². The molecule has 120 valence electrons. The van der Waals surface area contributed by atoms with Crippen molar-refractivity contribution in [1.29, 1.82) is 0 Å². The Bertz CT molecular complexity index is 380. The number of likely N-dealkylation sites (N-methyl/N-ethyl adjacent to an activating group) is 1. The maximum atomic E-state index is 11.7. The van der Waals surface area contributed by atoms with Crippen LogP contribution in [0.3, 0.4) is 0 Å². The molecule has 0 rings (SSSR count). The number of carbonyl (C=O) groups is 2. The largest absolute Gasteiger partial charge is 0.550 e. The fraction of sp³-hybridized carbons (Fsp3) is 0.625. The number of aliphatic carboxylic acids is 1. The number of carboxylic acids is 1. The molecule has 0 aliphatic heterocycles. The van der Waals surface area contributed by atoms with E-state index in [4.69, 9.17) is 4.74 Å². The number of hydrogen-bond donors (Lipinski definition) is 0. The van der Waals surface area contributed by atoms with Crippen LogP contribution in [0.4, 0.5) is 0 Å². The van der Waals surface area contributed by atoms with E-state index in [0.29, 0.717) is 11.0 Å². The van der Waals surface area contributed by atoms with E-state index in [1.165, 1.54) is 6.08 Å². The summed E-state index contributed by atoms with van der Waals surface area (Å²) in [7, 11) is 5.73. The van der Waals surface area contributed by atoms with Gasteiger partial charge in [0.05, 0.1) is 21.1 Å². The van der Waals surface area contributed by atoms with Gasteiger partial charge in [-0.1, -0.05) is 18.2 Å². The summed E-state index contributed by atoms with van der Waals surface area (Å²) in [6.45, 7) is 2.40. The van der Waals surface area contributed by atoms with Gasteiger partial charge in [-0.25, -0.2) is 4.79 Å². The minimum atomic E-state index is -1.21. The summed E-state index contributed by atoms with van der Waals surface area (Å²) in [5.41, 5.74) is 0. The number of allylic oxidation sites excluding steroid dienone is 3. The lowest BCUT2D eigenvalue weighted by Crippen LogP contribution is -2.45. The predicted octanol–water partition coefficient (Wildman–Crippen LogP) is 1.05. The van der Waals surface area contributed by atoms with Crippen molar-refractivity contribution in [2.75, 3.05) is 27.7 Å². The first-order chi connectivity index (χ1) is 9.74. The molecule has 5 nitrogen and oxygen atoms in total. The molecule has 0 saturated heterocycles. The van der Waals surface area contributed by atoms with E-state index >= 15 is 0 Å². The van der Waals surface area contributed by atoms with Crippen molar-refractivity contribution >= 4 is 11.9 Å². The molecule has 5 heteroatoms. The number of ether oxygens (including phenoxy) is 1. The second-order valence-electron chi connectivity index (χ2n) is 6.01. The molecule has 0 radical (unpaired) electrons. The van der Waals surface area contributed by atoms with Gasteiger partial charge in [-0.3, -0.25) is 0 Å². The molecule has 21 heavy (non-hydrogen) atoms. The normalized spacial score (nSPS) is 13.7. The fourth-order valence-electron chi connectivity index (χ4n) is 1.84. The van der Waals surface area contributed by atoms with E-state index < -0.39 is 18.0 Å². The van der Waals surface area contributed by atoms with Gasteiger partial charge in [-0.15, -0.1) is 0 Å². The summed E-state index contributed by atoms with van der Waals surface area (Å²) in [5, 5.41) is 10.7. The van der Waals surface area contributed by atoms with E-state index in [2.05, 4.69) is 6.08 Å². The van der Waals surface area contributed by atoms with Crippen LogP contribution >= 0.6 is 0 Å². The van der Waals surface area contributed by atoms with Crippen LogP contribution in [0.2, 0.25) is 0 Å². The lowest BCUT2D eigenvalue weighted by molar-refractivity contribution is -0.873. The predicted molar refractivity (Wildman–Crippen MR) is 80.2 cm³/mol. The minimum Gasteiger partial charge on any atom is -0.550 e. The molecule has 0 amide bonds. The van der Waals surface area contributed by atoms with Gasteiger partial charge in [-0.05, 0) is 26.2 Å². The Morgan fingerprint density at radius 1 is 1.19 bits per heavy atom. The summed E-state index contributed by atoms with van der Waals surface area (Å²) in [6.07, 6.45) is 8.98. The molecule has 0 aromatic rings. The van der Waals surface area contributed by atoms with E-state index in [9.17, 15) is 14.7 Å². The van der Waals surface area contributed by atoms with E-state index in [0.717, 1.165) is 19.3 Å². The van der Waals surface area contributed by atoms with Gasteiger partial charge in [-0.2, -0.15) is 0 Å². The zero-order valence-electron chi connectivity index (χ0n) is 13.5. The molecule has 1 unspecified atom stereocenters. The molecule has 0 aromatic heterocycles. The molecule has 0 heterocycles. The molecule has 0 spiro atoms. The van der Waals surface area contributed by atoms with E-state index in [1.807, 2.05) is 34.1 Å². The number of carbonyl (C=O) groups excluding carboxylic acids is 2. The Morgan fingerprint density at radius 2 is 1.81 bits per heavy atom. The van der Waals surface area contributed by atoms with Crippen molar-refractivity contribution in [3.8, 4) is 0 Å². The Hall–Kier alpha value is -1.62. The van der Waals surface area contributed by atoms with Crippen molar-refractivity contribution in [1.82, 2.24) is 0 Å². The second kappa shape index (κ2) is 10.2. The lowest BCUT2D eigenvalue weighted by Gasteiger charge is -2.29. The summed E-state index contributed by atoms with van der Waals surface area (Å²) in [5.74, 6) is -1.71. The standard InChI is InChI=1S/C16H27NO4/c1-5-6-7-8-9-10-11-16(20)21-14(12-15(18)19)13-17(2,3)4/h5-6,10-11,14H,7-9,12-13H2,1-4H3/b6-5+,11-10+. The van der Waals surface area contributed by atoms with Crippen LogP contribution in [0, 0.1) is 0 Å². The number of quaternary nitrogens is 1. The lowest BCUT2D eigenvalue weighted by atomic mass is 10.2. The number of carboxylic acid groups (broad SMARTS) is 1. The zero-order chi connectivity index (χ0) is 16.3. The molecule has 0 aliphatic carbocycles. The molecule has 1 atom stereocenters. The van der Waals surface area contributed by atoms with Gasteiger partial charge in [0.25, 0.3) is 0 Å². The maximum absolute atomic E-state index is 11.7. The molecular weight excluding hydrogens is 270 g/mol. The Balaban J connectivity index is 4.26. The monoisotopic (exact) mass is 297 g/mol. The Morgan fingerprint density at radius 3 is 2.33 bits per heavy atom. The SMILES string of the molecule is C/C=C/CCC/C=C/C(=O)OC(CC(=O)[O-])C[N+](C)(C)C. The second-order valence-corrected chi connectivity index (χ2v) is 6.01. The third-order valence-electron chi connectivity index (χ3n) is 2.66. The molecule has 0 aromatic carbocycles. The van der Waals surface area contributed by atoms with E-state index in [1.54, 1.807) is 6.08 Å². The van der Waals surface area contributed by atoms with Crippen LogP contribution in [0.5, 0.6) is 0 Å². The summed E-state index contributed by atoms with van der Waals surface area (Å²) in [6, 6.07) is 0. The number of nitrogens with zero attached hydrogens (tertiary/aromatic N) is 1. The number of hydrogen-bond acceptors (Lipinski definition) is 4. The summed E-state index contributed by atoms with van der Waals surface area (Å²) in [4.78, 5) is 22.4. The van der Waals surface area contributed by atoms with Gasteiger partial charge >= 0.3 is 5.97 Å². The topological polar surface area (TPSA) is 66.4 Å². The molecule has 0 bridgehead atoms. The highest BCUT2D eigenvalue weighted by molar-refractivity contribution is 5.82. The van der Waals surface area contributed by atoms with Crippen LogP contribution in [-0.2, 0) is 14.3 Å². The molecule has 0 fully saturated rings. The highest BCUT2D eigenvalue weighted by Gasteiger charge is 2.21. The van der Waals surface area contributed by atoms with Crippen molar-refractivity contribution in [3.05, 3.63) is 24.3 Å². The smallest absolute Gasteiger partial charge is 0.330 e. The fourth-order valence-corrected chi connectivity index (χ4v) is 1.84. The highest BCUT2D eigenvalue weighted by atomic mass is 16.5. The molecule has 0 aliphatic rings. The Kier molecular flexibility index (Phi) is 9.37. The summed E-state index contributed by atoms with van der Waals surface area (Å²) >= 11 is 0. The van der Waals surface area contributed by atoms with Gasteiger partial charge in [0.2, 0.25) is 0 Å². The Labute approximate surface area is 127 Å². The quantitative estimate of drug-likeness (QED) is 0.199. The molecule has 0 N–H and O–H groups in total. The third kappa shape index (κ3) is 13.1. The van der Waals surface area contributed by atoms with Crippen molar-refractivity contribution in [3.63, 3.8) is 0 Å². The van der Waals surface area contributed by atoms with Crippen LogP contribution in [-0.4, -0.2) is 50.2 Å². The first-order valence-corrected chi connectivity index (χ1v) is 7.23. The number of rotatable bonds is 10. The first kappa shape index (κ1) is 19.4. The average molecular weight is 297 g/mol. The first-order valence-electron chi connectivity index (χ1n) is 7.23. The number of esters is 1. The highest BCUT2D eigenvalue weighted by Crippen LogP contribution is 2.06. The van der Waals surface area contributed by atoms with Crippen LogP contribution < -0.4 is 5.11 Å². The van der Waals surface area contributed by atoms with Crippen molar-refractivity contribution in [2.24, 2.45) is 0 Å². The van der Waals surface area contributed by atoms with Crippen molar-refractivity contribution in [2.45, 2.75) is 38.7 Å². The maximum Gasteiger partial charge on any atom is 0.330 e. The third-order valence-corrected chi connectivity index (χ3v) is 2.66.